The third-order valence-electron chi connectivity index (χ3n) is 8.29. The molecule has 0 unspecified atom stereocenters. The first-order chi connectivity index (χ1) is 17.8. The van der Waals surface area contributed by atoms with E-state index in [1.165, 1.54) is 6.07 Å². The van der Waals surface area contributed by atoms with Crippen molar-refractivity contribution in [2.75, 3.05) is 13.2 Å². The van der Waals surface area contributed by atoms with E-state index in [-0.39, 0.29) is 72.9 Å². The number of fused-ring (bicyclic) bond motifs is 2. The largest absolute Gasteiger partial charge is 0.508 e. The first-order valence-electron chi connectivity index (χ1n) is 13.4. The van der Waals surface area contributed by atoms with Crippen molar-refractivity contribution < 1.29 is 38.9 Å². The number of hydrogen-bond donors (Lipinski definition) is 1. The Balaban J connectivity index is 1.92. The molecule has 10 heteroatoms. The molecule has 3 fully saturated rings. The number of Topliss-reactive ketones (excluding diaryl/α,β-unsaturated/α-hetero) is 1. The number of unbranched alkanes of at least 4 members (excludes halogenated alkanes) is 2. The van der Waals surface area contributed by atoms with Crippen LogP contribution in [0.3, 0.4) is 0 Å². The molecule has 3 atom stereocenters. The summed E-state index contributed by atoms with van der Waals surface area (Å²) >= 11 is 0. The van der Waals surface area contributed by atoms with Crippen molar-refractivity contribution in [1.29, 1.82) is 0 Å². The molecule has 1 aromatic carbocycles. The summed E-state index contributed by atoms with van der Waals surface area (Å²) < 4.78 is 11.2. The van der Waals surface area contributed by atoms with Gasteiger partial charge in [0.05, 0.1) is 18.6 Å². The van der Waals surface area contributed by atoms with Crippen LogP contribution in [0.2, 0.25) is 0 Å². The number of ketones is 1. The van der Waals surface area contributed by atoms with E-state index in [2.05, 4.69) is 11.8 Å². The van der Waals surface area contributed by atoms with Gasteiger partial charge in [0.15, 0.2) is 0 Å². The van der Waals surface area contributed by atoms with Crippen molar-refractivity contribution in [3.63, 3.8) is 0 Å². The highest BCUT2D eigenvalue weighted by molar-refractivity contribution is 5.87. The van der Waals surface area contributed by atoms with Crippen LogP contribution in [0.5, 0.6) is 11.5 Å². The lowest BCUT2D eigenvalue weighted by molar-refractivity contribution is -0.757. The van der Waals surface area contributed by atoms with Gasteiger partial charge in [-0.1, -0.05) is 33.6 Å². The highest BCUT2D eigenvalue weighted by atomic mass is 16.9. The van der Waals surface area contributed by atoms with Gasteiger partial charge in [-0.25, -0.2) is 0 Å². The summed E-state index contributed by atoms with van der Waals surface area (Å²) in [6, 6.07) is 3.06. The molecule has 0 spiro atoms. The zero-order valence-electron chi connectivity index (χ0n) is 22.9. The SMILES string of the molecule is CCCCCOC(=O)C(C)(C)c1cc(O)c([C@@H]2CC(=O)[C@H]3C[C@@H]2C3(C)C)c(OC(=O)CCCO[N+](=O)[O-])c1. The van der Waals surface area contributed by atoms with E-state index in [1.54, 1.807) is 19.9 Å². The normalized spacial score (nSPS) is 21.8. The number of esters is 2. The minimum atomic E-state index is -1.15. The second-order valence-electron chi connectivity index (χ2n) is 11.5. The number of phenols is 1. The minimum absolute atomic E-state index is 0.0147. The molecule has 4 rings (SSSR count). The van der Waals surface area contributed by atoms with Crippen LogP contribution in [-0.4, -0.2) is 41.1 Å². The molecule has 0 saturated heterocycles. The zero-order valence-corrected chi connectivity index (χ0v) is 22.9. The Morgan fingerprint density at radius 2 is 1.89 bits per heavy atom. The monoisotopic (exact) mass is 533 g/mol. The van der Waals surface area contributed by atoms with Gasteiger partial charge >= 0.3 is 11.9 Å². The number of hydrogen-bond acceptors (Lipinski definition) is 9. The molecule has 2 bridgehead atoms. The molecule has 3 aliphatic carbocycles. The molecule has 0 amide bonds. The number of benzene rings is 1. The molecule has 10 nitrogen and oxygen atoms in total. The molecule has 3 saturated carbocycles. The molecule has 3 aliphatic rings. The Morgan fingerprint density at radius 3 is 2.50 bits per heavy atom. The highest BCUT2D eigenvalue weighted by Crippen LogP contribution is 2.64. The van der Waals surface area contributed by atoms with Crippen LogP contribution in [0.25, 0.3) is 0 Å². The number of carbonyl (C=O) groups is 3. The van der Waals surface area contributed by atoms with Crippen molar-refractivity contribution >= 4 is 17.7 Å². The number of nitrogens with zero attached hydrogens (tertiary/aromatic N) is 1. The first kappa shape index (κ1) is 29.4. The molecule has 210 valence electrons. The lowest BCUT2D eigenvalue weighted by Gasteiger charge is -2.59. The maximum absolute atomic E-state index is 13.0. The highest BCUT2D eigenvalue weighted by Gasteiger charge is 2.59. The van der Waals surface area contributed by atoms with E-state index in [1.807, 2.05) is 13.8 Å². The summed E-state index contributed by atoms with van der Waals surface area (Å²) in [5.41, 5.74) is -0.605. The van der Waals surface area contributed by atoms with E-state index in [0.29, 0.717) is 17.5 Å². The van der Waals surface area contributed by atoms with Crippen molar-refractivity contribution in [3.8, 4) is 11.5 Å². The Hall–Kier alpha value is -3.17. The Bertz CT molecular complexity index is 1080. The van der Waals surface area contributed by atoms with Crippen LogP contribution >= 0.6 is 0 Å². The lowest BCUT2D eigenvalue weighted by atomic mass is 9.44. The van der Waals surface area contributed by atoms with E-state index in [0.717, 1.165) is 19.3 Å². The summed E-state index contributed by atoms with van der Waals surface area (Å²) in [6.45, 7) is 9.52. The van der Waals surface area contributed by atoms with E-state index < -0.39 is 22.4 Å². The minimum Gasteiger partial charge on any atom is -0.508 e. The van der Waals surface area contributed by atoms with Crippen LogP contribution in [0.4, 0.5) is 0 Å². The second kappa shape index (κ2) is 11.7. The summed E-state index contributed by atoms with van der Waals surface area (Å²) in [7, 11) is 0. The van der Waals surface area contributed by atoms with Gasteiger partial charge in [-0.2, -0.15) is 0 Å². The molecule has 0 aromatic heterocycles. The average molecular weight is 534 g/mol. The van der Waals surface area contributed by atoms with Crippen LogP contribution in [0.15, 0.2) is 12.1 Å². The molecule has 1 N–H and O–H groups in total. The number of rotatable bonds is 13. The second-order valence-corrected chi connectivity index (χ2v) is 11.5. The Morgan fingerprint density at radius 1 is 1.18 bits per heavy atom. The van der Waals surface area contributed by atoms with Crippen molar-refractivity contribution in [1.82, 2.24) is 0 Å². The van der Waals surface area contributed by atoms with Crippen LogP contribution < -0.4 is 4.74 Å². The standard InChI is InChI=1S/C28H39NO9/c1-6-7-8-11-36-26(33)27(2,3)17-13-22(31)25(18-15-21(30)20-16-19(18)28(20,4)5)23(14-17)38-24(32)10-9-12-37-29(34)35/h13-14,18-20,31H,6-12,15-16H2,1-5H3/t18-,19+,20-/m1/s1. The number of ether oxygens (including phenoxy) is 2. The number of carbonyl (C=O) groups excluding carboxylic acids is 3. The predicted molar refractivity (Wildman–Crippen MR) is 137 cm³/mol. The zero-order chi connectivity index (χ0) is 28.3. The number of phenolic OH excluding ortho intramolecular Hbond substituents is 1. The molecular formula is C28H39NO9. The van der Waals surface area contributed by atoms with E-state index in [9.17, 15) is 29.6 Å². The summed E-state index contributed by atoms with van der Waals surface area (Å²) in [4.78, 5) is 53.1. The van der Waals surface area contributed by atoms with Gasteiger partial charge in [0.2, 0.25) is 0 Å². The topological polar surface area (TPSA) is 142 Å². The van der Waals surface area contributed by atoms with Crippen molar-refractivity contribution in [2.24, 2.45) is 17.3 Å². The fourth-order valence-electron chi connectivity index (χ4n) is 5.77. The van der Waals surface area contributed by atoms with Crippen molar-refractivity contribution in [2.45, 2.75) is 90.9 Å². The van der Waals surface area contributed by atoms with Gasteiger partial charge in [0, 0.05) is 30.2 Å². The van der Waals surface area contributed by atoms with Gasteiger partial charge in [0.1, 0.15) is 17.3 Å². The maximum atomic E-state index is 13.0. The quantitative estimate of drug-likeness (QED) is 0.122. The van der Waals surface area contributed by atoms with Crippen molar-refractivity contribution in [3.05, 3.63) is 33.4 Å². The smallest absolute Gasteiger partial charge is 0.315 e. The predicted octanol–water partition coefficient (Wildman–Crippen LogP) is 5.02. The first-order valence-corrected chi connectivity index (χ1v) is 13.4. The summed E-state index contributed by atoms with van der Waals surface area (Å²) in [5.74, 6) is -1.31. The lowest BCUT2D eigenvalue weighted by Crippen LogP contribution is -2.56. The molecule has 1 aromatic rings. The van der Waals surface area contributed by atoms with Crippen LogP contribution in [0, 0.1) is 27.4 Å². The van der Waals surface area contributed by atoms with Gasteiger partial charge in [-0.3, -0.25) is 14.4 Å². The van der Waals surface area contributed by atoms with E-state index in [4.69, 9.17) is 9.47 Å². The Kier molecular flexibility index (Phi) is 9.05. The third-order valence-corrected chi connectivity index (χ3v) is 8.29. The number of aromatic hydroxyl groups is 1. The average Bonchev–Trinajstić information content (AvgIpc) is 2.83. The Labute approximate surface area is 223 Å². The van der Waals surface area contributed by atoms with Gasteiger partial charge in [-0.15, -0.1) is 10.1 Å². The third kappa shape index (κ3) is 6.10. The van der Waals surface area contributed by atoms with Crippen LogP contribution in [0.1, 0.15) is 96.6 Å². The molecular weight excluding hydrogens is 494 g/mol. The summed E-state index contributed by atoms with van der Waals surface area (Å²) in [5, 5.41) is 20.7. The maximum Gasteiger partial charge on any atom is 0.315 e. The van der Waals surface area contributed by atoms with Gasteiger partial charge in [0.25, 0.3) is 5.09 Å². The van der Waals surface area contributed by atoms with Gasteiger partial charge < -0.3 is 19.4 Å². The van der Waals surface area contributed by atoms with Crippen LogP contribution in [-0.2, 0) is 29.4 Å². The fourth-order valence-corrected chi connectivity index (χ4v) is 5.77. The summed E-state index contributed by atoms with van der Waals surface area (Å²) in [6.07, 6.45) is 3.53. The van der Waals surface area contributed by atoms with E-state index >= 15 is 0 Å². The molecule has 0 heterocycles. The molecule has 0 aliphatic heterocycles. The molecule has 0 radical (unpaired) electrons. The molecule has 38 heavy (non-hydrogen) atoms. The fraction of sp³-hybridized carbons (Fsp3) is 0.679. The van der Waals surface area contributed by atoms with Gasteiger partial charge in [-0.05, 0) is 62.1 Å².